The number of Topliss-reactive ketones (excluding diaryl/α,β-unsaturated/α-hetero) is 1. The second-order valence-corrected chi connectivity index (χ2v) is 6.02. The summed E-state index contributed by atoms with van der Waals surface area (Å²) in [5.74, 6) is 0.0603. The molecule has 0 radical (unpaired) electrons. The summed E-state index contributed by atoms with van der Waals surface area (Å²) in [6, 6.07) is 15.1. The number of carbonyl (C=O) groups excluding carboxylic acids is 1. The Labute approximate surface area is 135 Å². The van der Waals surface area contributed by atoms with Crippen LogP contribution in [0.4, 0.5) is 0 Å². The van der Waals surface area contributed by atoms with E-state index in [1.807, 2.05) is 30.3 Å². The fourth-order valence-electron chi connectivity index (χ4n) is 2.50. The number of benzene rings is 2. The van der Waals surface area contributed by atoms with Crippen LogP contribution in [0.3, 0.4) is 0 Å². The van der Waals surface area contributed by atoms with Crippen LogP contribution in [0.15, 0.2) is 48.5 Å². The molecule has 0 heterocycles. The summed E-state index contributed by atoms with van der Waals surface area (Å²) in [5, 5.41) is 0.756. The Kier molecular flexibility index (Phi) is 5.44. The van der Waals surface area contributed by atoms with Gasteiger partial charge in [0, 0.05) is 11.5 Å². The van der Waals surface area contributed by atoms with Crippen molar-refractivity contribution in [1.29, 1.82) is 0 Å². The SMILES string of the molecule is CCC(C)C(C(=O)c1cccc(Cl)c1Cl)c1ccccc1. The van der Waals surface area contributed by atoms with Gasteiger partial charge in [0.1, 0.15) is 0 Å². The van der Waals surface area contributed by atoms with Crippen molar-refractivity contribution >= 4 is 29.0 Å². The van der Waals surface area contributed by atoms with Crippen molar-refractivity contribution in [3.05, 3.63) is 69.7 Å². The molecule has 0 amide bonds. The molecule has 0 aliphatic heterocycles. The number of hydrogen-bond donors (Lipinski definition) is 0. The summed E-state index contributed by atoms with van der Waals surface area (Å²) in [6.45, 7) is 4.18. The molecule has 3 heteroatoms. The highest BCUT2D eigenvalue weighted by molar-refractivity contribution is 6.44. The summed E-state index contributed by atoms with van der Waals surface area (Å²) >= 11 is 12.3. The lowest BCUT2D eigenvalue weighted by Crippen LogP contribution is -2.20. The maximum Gasteiger partial charge on any atom is 0.172 e. The van der Waals surface area contributed by atoms with Gasteiger partial charge in [-0.3, -0.25) is 4.79 Å². The normalized spacial score (nSPS) is 13.7. The van der Waals surface area contributed by atoms with Crippen molar-refractivity contribution in [3.8, 4) is 0 Å². The van der Waals surface area contributed by atoms with Gasteiger partial charge in [-0.2, -0.15) is 0 Å². The van der Waals surface area contributed by atoms with E-state index in [0.29, 0.717) is 15.6 Å². The van der Waals surface area contributed by atoms with Crippen LogP contribution in [-0.4, -0.2) is 5.78 Å². The number of rotatable bonds is 5. The average Bonchev–Trinajstić information content (AvgIpc) is 2.51. The van der Waals surface area contributed by atoms with E-state index in [4.69, 9.17) is 23.2 Å². The lowest BCUT2D eigenvalue weighted by Gasteiger charge is -2.23. The van der Waals surface area contributed by atoms with Gasteiger partial charge in [0.25, 0.3) is 0 Å². The van der Waals surface area contributed by atoms with Crippen molar-refractivity contribution in [2.75, 3.05) is 0 Å². The van der Waals surface area contributed by atoms with E-state index in [1.165, 1.54) is 0 Å². The first-order valence-electron chi connectivity index (χ1n) is 7.09. The van der Waals surface area contributed by atoms with Crippen molar-refractivity contribution < 1.29 is 4.79 Å². The van der Waals surface area contributed by atoms with Crippen LogP contribution in [0.2, 0.25) is 10.0 Å². The zero-order chi connectivity index (χ0) is 15.4. The lowest BCUT2D eigenvalue weighted by molar-refractivity contribution is 0.0932. The van der Waals surface area contributed by atoms with Gasteiger partial charge < -0.3 is 0 Å². The lowest BCUT2D eigenvalue weighted by atomic mass is 9.80. The van der Waals surface area contributed by atoms with E-state index >= 15 is 0 Å². The molecular weight excluding hydrogens is 303 g/mol. The first kappa shape index (κ1) is 16.1. The molecule has 0 aliphatic carbocycles. The van der Waals surface area contributed by atoms with E-state index in [2.05, 4.69) is 13.8 Å². The topological polar surface area (TPSA) is 17.1 Å². The maximum atomic E-state index is 13.0. The zero-order valence-corrected chi connectivity index (χ0v) is 13.7. The number of hydrogen-bond acceptors (Lipinski definition) is 1. The molecule has 2 unspecified atom stereocenters. The smallest absolute Gasteiger partial charge is 0.172 e. The quantitative estimate of drug-likeness (QED) is 0.617. The fraction of sp³-hybridized carbons (Fsp3) is 0.278. The molecule has 0 spiro atoms. The molecule has 2 aromatic carbocycles. The first-order chi connectivity index (χ1) is 10.1. The molecule has 0 fully saturated rings. The van der Waals surface area contributed by atoms with Gasteiger partial charge in [-0.15, -0.1) is 0 Å². The highest BCUT2D eigenvalue weighted by Crippen LogP contribution is 2.34. The Hall–Kier alpha value is -1.31. The van der Waals surface area contributed by atoms with Crippen molar-refractivity contribution in [1.82, 2.24) is 0 Å². The molecule has 0 aliphatic rings. The van der Waals surface area contributed by atoms with Crippen molar-refractivity contribution in [2.45, 2.75) is 26.2 Å². The third-order valence-electron chi connectivity index (χ3n) is 3.87. The molecule has 2 atom stereocenters. The standard InChI is InChI=1S/C18H18Cl2O/c1-3-12(2)16(13-8-5-4-6-9-13)18(21)14-10-7-11-15(19)17(14)20/h4-12,16H,3H2,1-2H3. The molecule has 21 heavy (non-hydrogen) atoms. The van der Waals surface area contributed by atoms with Crippen molar-refractivity contribution in [2.24, 2.45) is 5.92 Å². The molecule has 1 nitrogen and oxygen atoms in total. The van der Waals surface area contributed by atoms with Gasteiger partial charge in [-0.25, -0.2) is 0 Å². The fourth-order valence-corrected chi connectivity index (χ4v) is 2.89. The van der Waals surface area contributed by atoms with Crippen LogP contribution in [-0.2, 0) is 0 Å². The highest BCUT2D eigenvalue weighted by Gasteiger charge is 2.28. The largest absolute Gasteiger partial charge is 0.293 e. The minimum atomic E-state index is -0.202. The Bertz CT molecular complexity index is 622. The first-order valence-corrected chi connectivity index (χ1v) is 7.85. The average molecular weight is 321 g/mol. The molecule has 0 saturated heterocycles. The molecule has 0 aromatic heterocycles. The Balaban J connectivity index is 2.47. The molecule has 2 rings (SSSR count). The summed E-state index contributed by atoms with van der Waals surface area (Å²) in [6.07, 6.45) is 0.920. The van der Waals surface area contributed by atoms with Crippen LogP contribution in [0.1, 0.15) is 42.1 Å². The highest BCUT2D eigenvalue weighted by atomic mass is 35.5. The summed E-state index contributed by atoms with van der Waals surface area (Å²) in [4.78, 5) is 13.0. The number of halogens is 2. The van der Waals surface area contributed by atoms with Crippen LogP contribution in [0.25, 0.3) is 0 Å². The van der Waals surface area contributed by atoms with Gasteiger partial charge in [0.05, 0.1) is 10.0 Å². The minimum absolute atomic E-state index is 0.0306. The molecular formula is C18H18Cl2O. The molecule has 110 valence electrons. The van der Waals surface area contributed by atoms with E-state index in [9.17, 15) is 4.79 Å². The van der Waals surface area contributed by atoms with Gasteiger partial charge in [0.15, 0.2) is 5.78 Å². The van der Waals surface area contributed by atoms with Crippen molar-refractivity contribution in [3.63, 3.8) is 0 Å². The molecule has 0 saturated carbocycles. The second-order valence-electron chi connectivity index (χ2n) is 5.24. The van der Waals surface area contributed by atoms with Gasteiger partial charge in [-0.05, 0) is 23.6 Å². The Morgan fingerprint density at radius 3 is 2.33 bits per heavy atom. The number of carbonyl (C=O) groups is 1. The minimum Gasteiger partial charge on any atom is -0.293 e. The third-order valence-corrected chi connectivity index (χ3v) is 4.69. The van der Waals surface area contributed by atoms with E-state index in [1.54, 1.807) is 18.2 Å². The maximum absolute atomic E-state index is 13.0. The predicted molar refractivity (Wildman–Crippen MR) is 89.4 cm³/mol. The van der Waals surface area contributed by atoms with E-state index in [0.717, 1.165) is 12.0 Å². The molecule has 0 bridgehead atoms. The molecule has 2 aromatic rings. The third kappa shape index (κ3) is 3.48. The van der Waals surface area contributed by atoms with Crippen LogP contribution < -0.4 is 0 Å². The van der Waals surface area contributed by atoms with E-state index in [-0.39, 0.29) is 17.6 Å². The van der Waals surface area contributed by atoms with Crippen LogP contribution >= 0.6 is 23.2 Å². The Morgan fingerprint density at radius 1 is 1.05 bits per heavy atom. The predicted octanol–water partition coefficient (Wildman–Crippen LogP) is 6.01. The number of ketones is 1. The van der Waals surface area contributed by atoms with Gasteiger partial charge in [-0.1, -0.05) is 79.9 Å². The van der Waals surface area contributed by atoms with Crippen LogP contribution in [0.5, 0.6) is 0 Å². The monoisotopic (exact) mass is 320 g/mol. The second kappa shape index (κ2) is 7.11. The Morgan fingerprint density at radius 2 is 1.71 bits per heavy atom. The van der Waals surface area contributed by atoms with Gasteiger partial charge >= 0.3 is 0 Å². The zero-order valence-electron chi connectivity index (χ0n) is 12.1. The van der Waals surface area contributed by atoms with Crippen LogP contribution in [0, 0.1) is 5.92 Å². The summed E-state index contributed by atoms with van der Waals surface area (Å²) in [7, 11) is 0. The van der Waals surface area contributed by atoms with E-state index < -0.39 is 0 Å². The van der Waals surface area contributed by atoms with Gasteiger partial charge in [0.2, 0.25) is 0 Å². The summed E-state index contributed by atoms with van der Waals surface area (Å²) in [5.41, 5.74) is 1.52. The summed E-state index contributed by atoms with van der Waals surface area (Å²) < 4.78 is 0. The molecule has 0 N–H and O–H groups in total.